The maximum absolute atomic E-state index is 5.93. The molecule has 3 rings (SSSR count). The number of unbranched alkanes of at least 4 members (excludes halogenated alkanes) is 5. The molecular weight excluding hydrogens is 396 g/mol. The number of benzene rings is 1. The Labute approximate surface area is 185 Å². The quantitative estimate of drug-likeness (QED) is 0.402. The summed E-state index contributed by atoms with van der Waals surface area (Å²) in [5.41, 5.74) is 1.23. The van der Waals surface area contributed by atoms with Gasteiger partial charge in [0.1, 0.15) is 24.8 Å². The van der Waals surface area contributed by atoms with Gasteiger partial charge in [-0.05, 0) is 43.7 Å². The van der Waals surface area contributed by atoms with E-state index in [1.807, 2.05) is 37.7 Å². The van der Waals surface area contributed by atoms with E-state index in [4.69, 9.17) is 14.2 Å². The molecule has 30 heavy (non-hydrogen) atoms. The average molecular weight is 433 g/mol. The van der Waals surface area contributed by atoms with Gasteiger partial charge in [-0.2, -0.15) is 0 Å². The van der Waals surface area contributed by atoms with E-state index in [1.165, 1.54) is 44.1 Å². The van der Waals surface area contributed by atoms with Gasteiger partial charge in [-0.25, -0.2) is 4.99 Å². The summed E-state index contributed by atoms with van der Waals surface area (Å²) in [6.45, 7) is 7.91. The van der Waals surface area contributed by atoms with Crippen molar-refractivity contribution >= 4 is 24.3 Å². The van der Waals surface area contributed by atoms with E-state index in [0.29, 0.717) is 13.2 Å². The number of thioether (sulfide) groups is 1. The Morgan fingerprint density at radius 1 is 1.10 bits per heavy atom. The Hall–Kier alpha value is -1.37. The maximum Gasteiger partial charge on any atom is 0.163 e. The molecule has 0 N–H and O–H groups in total. The summed E-state index contributed by atoms with van der Waals surface area (Å²) < 4.78 is 17.2. The average Bonchev–Trinajstić information content (AvgIpc) is 3.11. The minimum absolute atomic E-state index is 0.0290. The minimum atomic E-state index is -0.516. The second kappa shape index (κ2) is 11.3. The highest BCUT2D eigenvalue weighted by atomic mass is 32.2. The predicted octanol–water partition coefficient (Wildman–Crippen LogP) is 5.62. The Balaban J connectivity index is 1.51. The molecule has 0 radical (unpaired) electrons. The third kappa shape index (κ3) is 6.82. The van der Waals surface area contributed by atoms with Crippen LogP contribution < -0.4 is 4.74 Å². The van der Waals surface area contributed by atoms with Crippen molar-refractivity contribution in [3.8, 4) is 5.75 Å². The van der Waals surface area contributed by atoms with Gasteiger partial charge < -0.3 is 14.2 Å². The van der Waals surface area contributed by atoms with Crippen LogP contribution in [0.15, 0.2) is 34.3 Å². The van der Waals surface area contributed by atoms with Crippen LogP contribution in [-0.4, -0.2) is 50.0 Å². The first-order valence-corrected chi connectivity index (χ1v) is 12.2. The fraction of sp³-hybridized carbons (Fsp3) is 0.667. The molecule has 1 aromatic rings. The standard InChI is InChI=1S/C24H36N2O3S/c1-4-5-6-7-8-9-14-30-24(17-25-19-26-18-24)20-10-12-21(13-11-20)27-15-22-16-28-23(2,3)29-22/h10-13,17,19,22H,4-9,14-16,18H2,1-3H3/t22?,24-/m1/s1. The molecule has 0 saturated carbocycles. The van der Waals surface area contributed by atoms with Crippen molar-refractivity contribution < 1.29 is 14.2 Å². The highest BCUT2D eigenvalue weighted by Crippen LogP contribution is 2.38. The summed E-state index contributed by atoms with van der Waals surface area (Å²) in [5, 5.41) is 0. The SMILES string of the molecule is CCCCCCCCS[C@]1(c2ccc(OCC3COC(C)(C)O3)cc2)C=NC=NC1. The van der Waals surface area contributed by atoms with Gasteiger partial charge >= 0.3 is 0 Å². The molecule has 166 valence electrons. The zero-order valence-electron chi connectivity index (χ0n) is 18.6. The molecule has 0 aliphatic carbocycles. The molecular formula is C24H36N2O3S. The Bertz CT molecular complexity index is 705. The molecule has 1 saturated heterocycles. The van der Waals surface area contributed by atoms with Crippen LogP contribution in [0, 0.1) is 0 Å². The van der Waals surface area contributed by atoms with E-state index in [9.17, 15) is 0 Å². The first kappa shape index (κ1) is 23.3. The van der Waals surface area contributed by atoms with Crippen molar-refractivity contribution in [2.45, 2.75) is 75.9 Å². The number of rotatable bonds is 12. The van der Waals surface area contributed by atoms with Crippen LogP contribution in [0.5, 0.6) is 5.75 Å². The molecule has 1 unspecified atom stereocenters. The van der Waals surface area contributed by atoms with Crippen molar-refractivity contribution in [3.63, 3.8) is 0 Å². The second-order valence-corrected chi connectivity index (χ2v) is 9.95. The van der Waals surface area contributed by atoms with E-state index in [0.717, 1.165) is 18.0 Å². The lowest BCUT2D eigenvalue weighted by Crippen LogP contribution is -2.30. The molecule has 6 heteroatoms. The van der Waals surface area contributed by atoms with Crippen LogP contribution in [0.3, 0.4) is 0 Å². The van der Waals surface area contributed by atoms with Gasteiger partial charge in [0.15, 0.2) is 5.79 Å². The van der Waals surface area contributed by atoms with Crippen LogP contribution in [0.2, 0.25) is 0 Å². The summed E-state index contributed by atoms with van der Waals surface area (Å²) in [6.07, 6.45) is 11.6. The monoisotopic (exact) mass is 432 g/mol. The summed E-state index contributed by atoms with van der Waals surface area (Å²) in [5.74, 6) is 1.46. The van der Waals surface area contributed by atoms with Crippen molar-refractivity contribution in [1.29, 1.82) is 0 Å². The number of hydrogen-bond donors (Lipinski definition) is 0. The molecule has 2 heterocycles. The lowest BCUT2D eigenvalue weighted by Gasteiger charge is -2.30. The molecule has 2 aliphatic rings. The molecule has 0 amide bonds. The van der Waals surface area contributed by atoms with E-state index in [-0.39, 0.29) is 10.9 Å². The van der Waals surface area contributed by atoms with Crippen molar-refractivity contribution in [1.82, 2.24) is 0 Å². The second-order valence-electron chi connectivity index (χ2n) is 8.53. The first-order chi connectivity index (χ1) is 14.5. The highest BCUT2D eigenvalue weighted by molar-refractivity contribution is 8.00. The van der Waals surface area contributed by atoms with Crippen molar-refractivity contribution in [2.24, 2.45) is 9.98 Å². The zero-order chi connectivity index (χ0) is 21.3. The normalized spacial score (nSPS) is 25.0. The van der Waals surface area contributed by atoms with E-state index in [1.54, 1.807) is 6.34 Å². The number of aliphatic imine (C=N–C) groups is 2. The van der Waals surface area contributed by atoms with Crippen molar-refractivity contribution in [3.05, 3.63) is 29.8 Å². The van der Waals surface area contributed by atoms with Crippen LogP contribution >= 0.6 is 11.8 Å². The predicted molar refractivity (Wildman–Crippen MR) is 126 cm³/mol. The molecule has 2 aliphatic heterocycles. The fourth-order valence-corrected chi connectivity index (χ4v) is 5.07. The first-order valence-electron chi connectivity index (χ1n) is 11.2. The molecule has 5 nitrogen and oxygen atoms in total. The summed E-state index contributed by atoms with van der Waals surface area (Å²) in [7, 11) is 0. The summed E-state index contributed by atoms with van der Waals surface area (Å²) >= 11 is 1.96. The fourth-order valence-electron chi connectivity index (χ4n) is 3.75. The lowest BCUT2D eigenvalue weighted by molar-refractivity contribution is -0.141. The van der Waals surface area contributed by atoms with E-state index >= 15 is 0 Å². The lowest BCUT2D eigenvalue weighted by atomic mass is 9.98. The van der Waals surface area contributed by atoms with E-state index < -0.39 is 5.79 Å². The highest BCUT2D eigenvalue weighted by Gasteiger charge is 2.34. The van der Waals surface area contributed by atoms with Gasteiger partial charge in [-0.1, -0.05) is 51.2 Å². The van der Waals surface area contributed by atoms with Crippen LogP contribution in [0.4, 0.5) is 0 Å². The number of hydrogen-bond acceptors (Lipinski definition) is 6. The van der Waals surface area contributed by atoms with Gasteiger partial charge in [0.2, 0.25) is 0 Å². The Morgan fingerprint density at radius 2 is 1.87 bits per heavy atom. The van der Waals surface area contributed by atoms with Crippen LogP contribution in [0.1, 0.15) is 64.9 Å². The summed E-state index contributed by atoms with van der Waals surface area (Å²) in [4.78, 5) is 8.84. The molecule has 0 aromatic heterocycles. The third-order valence-corrected chi connectivity index (χ3v) is 6.94. The minimum Gasteiger partial charge on any atom is -0.491 e. The molecule has 1 fully saturated rings. The van der Waals surface area contributed by atoms with E-state index in [2.05, 4.69) is 35.3 Å². The zero-order valence-corrected chi connectivity index (χ0v) is 19.5. The van der Waals surface area contributed by atoms with Crippen LogP contribution in [-0.2, 0) is 14.2 Å². The van der Waals surface area contributed by atoms with Crippen LogP contribution in [0.25, 0.3) is 0 Å². The Morgan fingerprint density at radius 3 is 2.53 bits per heavy atom. The Kier molecular flexibility index (Phi) is 8.78. The van der Waals surface area contributed by atoms with Gasteiger partial charge in [0, 0.05) is 6.21 Å². The van der Waals surface area contributed by atoms with Gasteiger partial charge in [0.05, 0.1) is 17.9 Å². The third-order valence-electron chi connectivity index (χ3n) is 5.46. The smallest absolute Gasteiger partial charge is 0.163 e. The van der Waals surface area contributed by atoms with Gasteiger partial charge in [-0.15, -0.1) is 11.8 Å². The molecule has 2 atom stereocenters. The maximum atomic E-state index is 5.93. The molecule has 1 aromatic carbocycles. The van der Waals surface area contributed by atoms with Crippen molar-refractivity contribution in [2.75, 3.05) is 25.5 Å². The largest absolute Gasteiger partial charge is 0.491 e. The summed E-state index contributed by atoms with van der Waals surface area (Å²) in [6, 6.07) is 8.36. The number of ether oxygens (including phenoxy) is 3. The molecule has 0 bridgehead atoms. The molecule has 0 spiro atoms. The van der Waals surface area contributed by atoms with Gasteiger partial charge in [-0.3, -0.25) is 4.99 Å². The number of nitrogens with zero attached hydrogens (tertiary/aromatic N) is 2. The van der Waals surface area contributed by atoms with Gasteiger partial charge in [0.25, 0.3) is 0 Å². The topological polar surface area (TPSA) is 52.4 Å².